The molecule has 0 fully saturated rings. The van der Waals surface area contributed by atoms with Gasteiger partial charge in [-0.1, -0.05) is 30.9 Å². The van der Waals surface area contributed by atoms with E-state index in [9.17, 15) is 0 Å². The third-order valence-corrected chi connectivity index (χ3v) is 9.04. The number of hydrogen-bond donors (Lipinski definition) is 0. The van der Waals surface area contributed by atoms with Crippen molar-refractivity contribution in [2.45, 2.75) is 26.6 Å². The number of hydrogen-bond acceptors (Lipinski definition) is 1. The molecule has 5 aromatic rings. The molecule has 2 aromatic carbocycles. The van der Waals surface area contributed by atoms with Gasteiger partial charge in [0.05, 0.1) is 19.0 Å². The predicted molar refractivity (Wildman–Crippen MR) is 122 cm³/mol. The fourth-order valence-corrected chi connectivity index (χ4v) is 6.86. The minimum Gasteiger partial charge on any atom is -0.350 e. The molecule has 3 heterocycles. The highest BCUT2D eigenvalue weighted by molar-refractivity contribution is 7.25. The van der Waals surface area contributed by atoms with Crippen LogP contribution in [0, 0.1) is 6.92 Å². The fourth-order valence-electron chi connectivity index (χ4n) is 4.33. The number of rotatable bonds is 1. The Balaban J connectivity index is 2.08. The first-order valence-electron chi connectivity index (χ1n) is 9.49. The molecule has 0 N–H and O–H groups in total. The quantitative estimate of drug-likeness (QED) is 0.158. The number of pyridine rings is 1. The van der Waals surface area contributed by atoms with E-state index in [0.717, 1.165) is 0 Å². The molecular weight excluding hydrogens is 364 g/mol. The van der Waals surface area contributed by atoms with E-state index < -0.39 is 8.07 Å². The van der Waals surface area contributed by atoms with E-state index >= 15 is 0 Å². The lowest BCUT2D eigenvalue weighted by Gasteiger charge is -2.20. The SMILES string of the molecule is Cc1c2cc[n+](C)c2cc2sc3cc([Si](C)(C)C)cc4ccn(C)c(c12)c43. The van der Waals surface area contributed by atoms with Gasteiger partial charge in [-0.05, 0) is 30.0 Å². The van der Waals surface area contributed by atoms with Gasteiger partial charge in [-0.2, -0.15) is 0 Å². The van der Waals surface area contributed by atoms with Gasteiger partial charge in [-0.15, -0.1) is 11.3 Å². The largest absolute Gasteiger partial charge is 0.350 e. The Kier molecular flexibility index (Phi) is 3.41. The average molecular weight is 390 g/mol. The number of aromatic nitrogens is 2. The zero-order valence-corrected chi connectivity index (χ0v) is 18.7. The normalized spacial score (nSPS) is 12.8. The van der Waals surface area contributed by atoms with Crippen LogP contribution in [0.5, 0.6) is 0 Å². The van der Waals surface area contributed by atoms with Crippen molar-refractivity contribution in [1.29, 1.82) is 0 Å². The van der Waals surface area contributed by atoms with Crippen molar-refractivity contribution in [3.8, 4) is 0 Å². The summed E-state index contributed by atoms with van der Waals surface area (Å²) in [5.41, 5.74) is 4.07. The highest BCUT2D eigenvalue weighted by Gasteiger charge is 2.21. The Morgan fingerprint density at radius 2 is 1.74 bits per heavy atom. The van der Waals surface area contributed by atoms with Gasteiger partial charge in [-0.25, -0.2) is 4.57 Å². The lowest BCUT2D eigenvalue weighted by molar-refractivity contribution is -0.642. The second-order valence-electron chi connectivity index (χ2n) is 8.80. The molecule has 0 spiro atoms. The summed E-state index contributed by atoms with van der Waals surface area (Å²) in [6, 6.07) is 11.8. The van der Waals surface area contributed by atoms with Crippen LogP contribution in [0.3, 0.4) is 0 Å². The molecule has 2 nitrogen and oxygen atoms in total. The van der Waals surface area contributed by atoms with Crippen LogP contribution in [-0.4, -0.2) is 12.6 Å². The van der Waals surface area contributed by atoms with Crippen molar-refractivity contribution in [3.05, 3.63) is 48.3 Å². The number of aryl methyl sites for hydroxylation is 3. The van der Waals surface area contributed by atoms with Gasteiger partial charge >= 0.3 is 0 Å². The number of nitrogens with zero attached hydrogens (tertiary/aromatic N) is 2. The van der Waals surface area contributed by atoms with Gasteiger partial charge in [0.15, 0.2) is 6.20 Å². The summed E-state index contributed by atoms with van der Waals surface area (Å²) < 4.78 is 7.33. The van der Waals surface area contributed by atoms with Crippen LogP contribution in [0.4, 0.5) is 0 Å². The van der Waals surface area contributed by atoms with Crippen LogP contribution >= 0.6 is 11.3 Å². The molecule has 0 amide bonds. The van der Waals surface area contributed by atoms with Gasteiger partial charge in [-0.3, -0.25) is 0 Å². The summed E-state index contributed by atoms with van der Waals surface area (Å²) in [4.78, 5) is 0. The topological polar surface area (TPSA) is 8.81 Å². The molecule has 0 aliphatic heterocycles. The zero-order chi connectivity index (χ0) is 19.1. The minimum atomic E-state index is -1.37. The van der Waals surface area contributed by atoms with Crippen molar-refractivity contribution in [3.63, 3.8) is 0 Å². The van der Waals surface area contributed by atoms with E-state index in [1.54, 1.807) is 0 Å². The van der Waals surface area contributed by atoms with Gasteiger partial charge in [0.25, 0.3) is 0 Å². The maximum atomic E-state index is 2.47. The van der Waals surface area contributed by atoms with Crippen LogP contribution in [-0.2, 0) is 14.1 Å². The second-order valence-corrected chi connectivity index (χ2v) is 15.0. The van der Waals surface area contributed by atoms with Crippen molar-refractivity contribution in [1.82, 2.24) is 4.57 Å². The van der Waals surface area contributed by atoms with E-state index in [0.29, 0.717) is 0 Å². The minimum absolute atomic E-state index is 1.32. The molecule has 27 heavy (non-hydrogen) atoms. The summed E-state index contributed by atoms with van der Waals surface area (Å²) in [5.74, 6) is 0. The maximum Gasteiger partial charge on any atom is 0.214 e. The first-order chi connectivity index (χ1) is 12.8. The molecule has 0 unspecified atom stereocenters. The first-order valence-corrected chi connectivity index (χ1v) is 13.8. The van der Waals surface area contributed by atoms with Crippen LogP contribution < -0.4 is 9.75 Å². The van der Waals surface area contributed by atoms with Crippen molar-refractivity contribution in [2.75, 3.05) is 0 Å². The van der Waals surface area contributed by atoms with Crippen LogP contribution in [0.1, 0.15) is 5.56 Å². The molecule has 0 radical (unpaired) electrons. The Hall–Kier alpha value is -2.17. The Bertz CT molecular complexity index is 1380. The highest BCUT2D eigenvalue weighted by atomic mass is 32.1. The molecule has 5 rings (SSSR count). The summed E-state index contributed by atoms with van der Waals surface area (Å²) in [6.45, 7) is 9.58. The Morgan fingerprint density at radius 1 is 1.00 bits per heavy atom. The molecule has 136 valence electrons. The third-order valence-electron chi connectivity index (χ3n) is 5.94. The number of benzene rings is 2. The van der Waals surface area contributed by atoms with E-state index in [1.807, 2.05) is 11.3 Å². The molecule has 3 aromatic heterocycles. The molecule has 0 bridgehead atoms. The summed E-state index contributed by atoms with van der Waals surface area (Å²) in [6.07, 6.45) is 4.40. The van der Waals surface area contributed by atoms with E-state index in [-0.39, 0.29) is 0 Å². The summed E-state index contributed by atoms with van der Waals surface area (Å²) >= 11 is 1.95. The van der Waals surface area contributed by atoms with E-state index in [4.69, 9.17) is 0 Å². The van der Waals surface area contributed by atoms with Gasteiger partial charge in [0.1, 0.15) is 7.05 Å². The van der Waals surface area contributed by atoms with Gasteiger partial charge < -0.3 is 4.57 Å². The standard InChI is InChI=1S/C23H25N2SSi/c1-14-17-8-10-24(2)18(17)13-20-21(14)23-22-15(7-9-25(23)3)11-16(27(4,5)6)12-19(22)26-20/h7-13H,1-6H3/q+1. The van der Waals surface area contributed by atoms with Gasteiger partial charge in [0.2, 0.25) is 5.52 Å². The van der Waals surface area contributed by atoms with Crippen molar-refractivity contribution in [2.24, 2.45) is 14.1 Å². The number of fused-ring (bicyclic) bond motifs is 3. The van der Waals surface area contributed by atoms with Crippen LogP contribution in [0.15, 0.2) is 42.7 Å². The van der Waals surface area contributed by atoms with Crippen LogP contribution in [0.25, 0.3) is 42.0 Å². The maximum absolute atomic E-state index is 2.47. The predicted octanol–water partition coefficient (Wildman–Crippen LogP) is 5.38. The lowest BCUT2D eigenvalue weighted by atomic mass is 10.0. The summed E-state index contributed by atoms with van der Waals surface area (Å²) in [5, 5.41) is 7.09. The first kappa shape index (κ1) is 17.0. The van der Waals surface area contributed by atoms with Crippen LogP contribution in [0.2, 0.25) is 19.6 Å². The molecule has 0 aliphatic rings. The molecule has 0 atom stereocenters. The van der Waals surface area contributed by atoms with Crippen molar-refractivity contribution >= 4 is 66.6 Å². The smallest absolute Gasteiger partial charge is 0.214 e. The Labute approximate surface area is 164 Å². The fraction of sp³-hybridized carbons (Fsp3) is 0.261. The highest BCUT2D eigenvalue weighted by Crippen LogP contribution is 2.40. The molecule has 0 saturated carbocycles. The third kappa shape index (κ3) is 2.33. The van der Waals surface area contributed by atoms with Gasteiger partial charge in [0, 0.05) is 45.5 Å². The lowest BCUT2D eigenvalue weighted by Crippen LogP contribution is -2.37. The van der Waals surface area contributed by atoms with E-state index in [2.05, 4.69) is 92.5 Å². The summed E-state index contributed by atoms with van der Waals surface area (Å²) in [7, 11) is 2.94. The molecule has 4 heteroatoms. The molecular formula is C23H25N2SSi+. The monoisotopic (exact) mass is 389 g/mol. The molecule has 0 aliphatic carbocycles. The molecule has 0 saturated heterocycles. The van der Waals surface area contributed by atoms with E-state index in [1.165, 1.54) is 52.7 Å². The average Bonchev–Trinajstić information content (AvgIpc) is 2.97. The Morgan fingerprint density at radius 3 is 2.48 bits per heavy atom. The second kappa shape index (κ2) is 5.43. The zero-order valence-electron chi connectivity index (χ0n) is 16.8. The van der Waals surface area contributed by atoms with Crippen molar-refractivity contribution < 1.29 is 4.57 Å².